The van der Waals surface area contributed by atoms with Crippen molar-refractivity contribution in [2.24, 2.45) is 0 Å². The minimum Gasteiger partial charge on any atom is -0.252 e. The van der Waals surface area contributed by atoms with Crippen LogP contribution in [0.3, 0.4) is 0 Å². The maximum atomic E-state index is 6.22. The van der Waals surface area contributed by atoms with Crippen molar-refractivity contribution in [3.63, 3.8) is 0 Å². The van der Waals surface area contributed by atoms with E-state index in [9.17, 15) is 0 Å². The van der Waals surface area contributed by atoms with Gasteiger partial charge in [-0.25, -0.2) is 0 Å². The molecule has 0 aliphatic carbocycles. The quantitative estimate of drug-likeness (QED) is 0.699. The van der Waals surface area contributed by atoms with E-state index < -0.39 is 0 Å². The molecule has 0 bridgehead atoms. The highest BCUT2D eigenvalue weighted by atomic mass is 35.5. The molecule has 3 heteroatoms. The van der Waals surface area contributed by atoms with Crippen molar-refractivity contribution < 1.29 is 0 Å². The topological polar surface area (TPSA) is 12.9 Å². The molecule has 2 aromatic rings. The van der Waals surface area contributed by atoms with Gasteiger partial charge in [-0.1, -0.05) is 18.5 Å². The molecule has 0 unspecified atom stereocenters. The largest absolute Gasteiger partial charge is 0.252 e. The fourth-order valence-corrected chi connectivity index (χ4v) is 2.59. The highest BCUT2D eigenvalue weighted by Crippen LogP contribution is 2.31. The normalized spacial score (nSPS) is 11.0. The molecule has 0 N–H and O–H groups in total. The van der Waals surface area contributed by atoms with Gasteiger partial charge in [-0.15, -0.1) is 11.3 Å². The summed E-state index contributed by atoms with van der Waals surface area (Å²) in [4.78, 5) is 4.54. The molecule has 0 aliphatic heterocycles. The number of aromatic nitrogens is 1. The SMILES string of the molecule is CCc1nc2ccsc2c(Cl)c1C. The van der Waals surface area contributed by atoms with Crippen molar-refractivity contribution in [1.29, 1.82) is 0 Å². The van der Waals surface area contributed by atoms with Gasteiger partial charge in [0.05, 0.1) is 15.2 Å². The summed E-state index contributed by atoms with van der Waals surface area (Å²) in [6.45, 7) is 4.14. The number of hydrogen-bond donors (Lipinski definition) is 0. The van der Waals surface area contributed by atoms with E-state index in [0.29, 0.717) is 0 Å². The molecule has 68 valence electrons. The predicted octanol–water partition coefficient (Wildman–Crippen LogP) is 3.82. The van der Waals surface area contributed by atoms with E-state index >= 15 is 0 Å². The van der Waals surface area contributed by atoms with Gasteiger partial charge in [0.1, 0.15) is 0 Å². The number of aryl methyl sites for hydroxylation is 1. The zero-order chi connectivity index (χ0) is 9.42. The number of hydrogen-bond acceptors (Lipinski definition) is 2. The fraction of sp³-hybridized carbons (Fsp3) is 0.300. The smallest absolute Gasteiger partial charge is 0.0828 e. The summed E-state index contributed by atoms with van der Waals surface area (Å²) in [5, 5.41) is 2.90. The van der Waals surface area contributed by atoms with Gasteiger partial charge in [-0.3, -0.25) is 4.98 Å². The third-order valence-electron chi connectivity index (χ3n) is 2.20. The summed E-state index contributed by atoms with van der Waals surface area (Å²) >= 11 is 7.87. The highest BCUT2D eigenvalue weighted by molar-refractivity contribution is 7.17. The van der Waals surface area contributed by atoms with Gasteiger partial charge >= 0.3 is 0 Å². The molecule has 2 aromatic heterocycles. The van der Waals surface area contributed by atoms with Crippen LogP contribution in [0.2, 0.25) is 5.02 Å². The Morgan fingerprint density at radius 3 is 3.00 bits per heavy atom. The fourth-order valence-electron chi connectivity index (χ4n) is 1.43. The summed E-state index contributed by atoms with van der Waals surface area (Å²) in [5.74, 6) is 0. The first-order valence-electron chi connectivity index (χ1n) is 4.26. The first-order chi connectivity index (χ1) is 6.24. The van der Waals surface area contributed by atoms with E-state index in [-0.39, 0.29) is 0 Å². The molecule has 0 atom stereocenters. The molecule has 0 amide bonds. The van der Waals surface area contributed by atoms with Crippen molar-refractivity contribution in [3.8, 4) is 0 Å². The molecule has 2 heterocycles. The average molecular weight is 212 g/mol. The lowest BCUT2D eigenvalue weighted by Gasteiger charge is -2.04. The summed E-state index contributed by atoms with van der Waals surface area (Å²) < 4.78 is 1.11. The Bertz CT molecular complexity index is 447. The van der Waals surface area contributed by atoms with Crippen LogP contribution < -0.4 is 0 Å². The average Bonchev–Trinajstić information content (AvgIpc) is 2.59. The van der Waals surface area contributed by atoms with Crippen molar-refractivity contribution >= 4 is 33.2 Å². The van der Waals surface area contributed by atoms with Crippen molar-refractivity contribution in [3.05, 3.63) is 27.7 Å². The second-order valence-electron chi connectivity index (χ2n) is 2.99. The van der Waals surface area contributed by atoms with Crippen LogP contribution in [0.25, 0.3) is 10.2 Å². The van der Waals surface area contributed by atoms with E-state index in [1.807, 2.05) is 18.4 Å². The lowest BCUT2D eigenvalue weighted by atomic mass is 10.1. The molecule has 0 aromatic carbocycles. The second kappa shape index (κ2) is 3.28. The minimum absolute atomic E-state index is 0.872. The van der Waals surface area contributed by atoms with Crippen LogP contribution in [0.4, 0.5) is 0 Å². The number of rotatable bonds is 1. The Kier molecular flexibility index (Phi) is 2.26. The Morgan fingerprint density at radius 2 is 2.31 bits per heavy atom. The molecular weight excluding hydrogens is 202 g/mol. The van der Waals surface area contributed by atoms with Gasteiger partial charge in [0, 0.05) is 5.69 Å². The van der Waals surface area contributed by atoms with Crippen LogP contribution >= 0.6 is 22.9 Å². The van der Waals surface area contributed by atoms with Gasteiger partial charge < -0.3 is 0 Å². The van der Waals surface area contributed by atoms with Crippen molar-refractivity contribution in [2.45, 2.75) is 20.3 Å². The molecule has 0 spiro atoms. The number of thiophene rings is 1. The lowest BCUT2D eigenvalue weighted by molar-refractivity contribution is 1.03. The molecule has 0 radical (unpaired) electrons. The first kappa shape index (κ1) is 8.97. The van der Waals surface area contributed by atoms with Gasteiger partial charge in [0.2, 0.25) is 0 Å². The van der Waals surface area contributed by atoms with Crippen LogP contribution in [0.15, 0.2) is 11.4 Å². The first-order valence-corrected chi connectivity index (χ1v) is 5.52. The molecule has 0 fully saturated rings. The van der Waals surface area contributed by atoms with Crippen LogP contribution in [-0.2, 0) is 6.42 Å². The van der Waals surface area contributed by atoms with E-state index in [0.717, 1.165) is 32.9 Å². The van der Waals surface area contributed by atoms with Crippen LogP contribution in [0.1, 0.15) is 18.2 Å². The Hall–Kier alpha value is -0.600. The Morgan fingerprint density at radius 1 is 1.54 bits per heavy atom. The molecule has 0 saturated heterocycles. The Balaban J connectivity index is 2.83. The second-order valence-corrected chi connectivity index (χ2v) is 4.28. The molecule has 0 aliphatic rings. The van der Waals surface area contributed by atoms with Crippen LogP contribution in [0, 0.1) is 6.92 Å². The van der Waals surface area contributed by atoms with Crippen molar-refractivity contribution in [2.75, 3.05) is 0 Å². The summed E-state index contributed by atoms with van der Waals surface area (Å²) in [6, 6.07) is 2.02. The third kappa shape index (κ3) is 1.34. The van der Waals surface area contributed by atoms with E-state index in [1.54, 1.807) is 11.3 Å². The molecule has 13 heavy (non-hydrogen) atoms. The summed E-state index contributed by atoms with van der Waals surface area (Å²) in [6.07, 6.45) is 0.942. The molecular formula is C10H10ClNS. The minimum atomic E-state index is 0.872. The molecule has 0 saturated carbocycles. The van der Waals surface area contributed by atoms with Gasteiger partial charge in [0.25, 0.3) is 0 Å². The molecule has 1 nitrogen and oxygen atoms in total. The maximum Gasteiger partial charge on any atom is 0.0828 e. The summed E-state index contributed by atoms with van der Waals surface area (Å²) in [5.41, 5.74) is 3.26. The van der Waals surface area contributed by atoms with E-state index in [1.165, 1.54) is 0 Å². The van der Waals surface area contributed by atoms with Gasteiger partial charge in [-0.05, 0) is 30.4 Å². The number of nitrogens with zero attached hydrogens (tertiary/aromatic N) is 1. The maximum absolute atomic E-state index is 6.22. The van der Waals surface area contributed by atoms with Crippen LogP contribution in [-0.4, -0.2) is 4.98 Å². The number of fused-ring (bicyclic) bond motifs is 1. The monoisotopic (exact) mass is 211 g/mol. The third-order valence-corrected chi connectivity index (χ3v) is 3.70. The Labute approximate surface area is 86.4 Å². The van der Waals surface area contributed by atoms with Crippen LogP contribution in [0.5, 0.6) is 0 Å². The number of halogens is 1. The zero-order valence-electron chi connectivity index (χ0n) is 7.60. The van der Waals surface area contributed by atoms with Crippen molar-refractivity contribution in [1.82, 2.24) is 4.98 Å². The predicted molar refractivity (Wildman–Crippen MR) is 58.7 cm³/mol. The standard InChI is InChI=1S/C10H10ClNS/c1-3-7-6(2)9(11)10-8(12-7)4-5-13-10/h4-5H,3H2,1-2H3. The molecule has 2 rings (SSSR count). The highest BCUT2D eigenvalue weighted by Gasteiger charge is 2.09. The van der Waals surface area contributed by atoms with E-state index in [2.05, 4.69) is 11.9 Å². The number of pyridine rings is 1. The van der Waals surface area contributed by atoms with Gasteiger partial charge in [-0.2, -0.15) is 0 Å². The van der Waals surface area contributed by atoms with E-state index in [4.69, 9.17) is 11.6 Å². The van der Waals surface area contributed by atoms with Gasteiger partial charge in [0.15, 0.2) is 0 Å². The zero-order valence-corrected chi connectivity index (χ0v) is 9.17. The lowest BCUT2D eigenvalue weighted by Crippen LogP contribution is -1.92. The summed E-state index contributed by atoms with van der Waals surface area (Å²) in [7, 11) is 0.